The summed E-state index contributed by atoms with van der Waals surface area (Å²) in [5, 5.41) is 9.79. The van der Waals surface area contributed by atoms with Gasteiger partial charge in [0.15, 0.2) is 0 Å². The molecule has 0 saturated carbocycles. The van der Waals surface area contributed by atoms with Gasteiger partial charge in [-0.2, -0.15) is 5.26 Å². The quantitative estimate of drug-likeness (QED) is 0.247. The normalized spacial score (nSPS) is 13.0. The molecule has 0 aliphatic carbocycles. The van der Waals surface area contributed by atoms with Crippen LogP contribution in [-0.4, -0.2) is 43.1 Å². The average molecular weight is 574 g/mol. The number of halogens is 1. The fourth-order valence-electron chi connectivity index (χ4n) is 3.99. The second-order valence-corrected chi connectivity index (χ2v) is 9.32. The second-order valence-electron chi connectivity index (χ2n) is 8.24. The van der Waals surface area contributed by atoms with Gasteiger partial charge in [0.05, 0.1) is 26.6 Å². The molecule has 3 aromatic heterocycles. The minimum absolute atomic E-state index is 0.566. The monoisotopic (exact) mass is 574 g/mol. The predicted octanol–water partition coefficient (Wildman–Crippen LogP) is 5.73. The lowest BCUT2D eigenvalue weighted by atomic mass is 10.1. The molecule has 0 unspecified atom stereocenters. The van der Waals surface area contributed by atoms with Crippen LogP contribution in [0.2, 0.25) is 0 Å². The number of nitriles is 1. The Kier molecular flexibility index (Phi) is 5.90. The SMILES string of the molecule is CN1c2cccc(n2)N(C)c2cccc(n2)N(C)c2cc(C#N)cc(c2I)N(C)c2cccc1n2. The van der Waals surface area contributed by atoms with Crippen LogP contribution in [0.15, 0.2) is 66.7 Å². The van der Waals surface area contributed by atoms with Crippen LogP contribution in [0.25, 0.3) is 0 Å². The minimum atomic E-state index is 0.566. The molecule has 174 valence electrons. The van der Waals surface area contributed by atoms with E-state index in [1.165, 1.54) is 0 Å². The summed E-state index contributed by atoms with van der Waals surface area (Å²) in [6.45, 7) is 0. The maximum absolute atomic E-state index is 9.79. The van der Waals surface area contributed by atoms with Gasteiger partial charge in [-0.05, 0) is 71.1 Å². The number of aromatic nitrogens is 3. The third-order valence-corrected chi connectivity index (χ3v) is 7.21. The highest BCUT2D eigenvalue weighted by atomic mass is 127. The van der Waals surface area contributed by atoms with Gasteiger partial charge < -0.3 is 19.6 Å². The van der Waals surface area contributed by atoms with E-state index in [1.54, 1.807) is 0 Å². The summed E-state index contributed by atoms with van der Waals surface area (Å²) >= 11 is 2.34. The van der Waals surface area contributed by atoms with Gasteiger partial charge in [-0.3, -0.25) is 0 Å². The zero-order valence-corrected chi connectivity index (χ0v) is 22.0. The fraction of sp³-hybridized carbons (Fsp3) is 0.154. The van der Waals surface area contributed by atoms with Gasteiger partial charge in [0.2, 0.25) is 0 Å². The lowest BCUT2D eigenvalue weighted by Gasteiger charge is -2.28. The van der Waals surface area contributed by atoms with Gasteiger partial charge >= 0.3 is 0 Å². The van der Waals surface area contributed by atoms with Crippen LogP contribution >= 0.6 is 22.6 Å². The molecule has 8 nitrogen and oxygen atoms in total. The van der Waals surface area contributed by atoms with Crippen LogP contribution in [0.3, 0.4) is 0 Å². The van der Waals surface area contributed by atoms with Crippen molar-refractivity contribution in [2.45, 2.75) is 0 Å². The van der Waals surface area contributed by atoms with Crippen molar-refractivity contribution in [3.8, 4) is 6.07 Å². The van der Waals surface area contributed by atoms with Crippen molar-refractivity contribution < 1.29 is 0 Å². The summed E-state index contributed by atoms with van der Waals surface area (Å²) in [7, 11) is 7.83. The number of anilines is 8. The smallest absolute Gasteiger partial charge is 0.136 e. The third kappa shape index (κ3) is 4.10. The molecule has 1 aliphatic heterocycles. The molecular weight excluding hydrogens is 551 g/mol. The van der Waals surface area contributed by atoms with E-state index in [1.807, 2.05) is 115 Å². The van der Waals surface area contributed by atoms with E-state index in [2.05, 4.69) is 28.7 Å². The lowest BCUT2D eigenvalue weighted by molar-refractivity contribution is 1.01. The summed E-state index contributed by atoms with van der Waals surface area (Å²) in [6.07, 6.45) is 0. The molecule has 0 fully saturated rings. The first-order valence-corrected chi connectivity index (χ1v) is 12.0. The molecule has 4 heterocycles. The highest BCUT2D eigenvalue weighted by Gasteiger charge is 2.20. The zero-order valence-electron chi connectivity index (χ0n) is 19.8. The van der Waals surface area contributed by atoms with Gasteiger partial charge in [0.25, 0.3) is 0 Å². The number of rotatable bonds is 0. The number of nitrogens with zero attached hydrogens (tertiary/aromatic N) is 8. The van der Waals surface area contributed by atoms with Gasteiger partial charge in [-0.1, -0.05) is 18.2 Å². The van der Waals surface area contributed by atoms with E-state index in [0.29, 0.717) is 5.56 Å². The van der Waals surface area contributed by atoms with Gasteiger partial charge in [-0.15, -0.1) is 0 Å². The standard InChI is InChI=1S/C26H23IN8/c1-32-18-14-17(16-28)15-19(26(18)27)33(2)21-9-6-11-23(30-21)35(4)25-13-7-12-24(31-25)34(3)22-10-5-8-20(32)29-22/h5-15H,1-4H3. The topological polar surface area (TPSA) is 75.4 Å². The molecule has 0 saturated heterocycles. The van der Waals surface area contributed by atoms with Crippen LogP contribution < -0.4 is 19.6 Å². The molecule has 0 N–H and O–H groups in total. The van der Waals surface area contributed by atoms with E-state index in [9.17, 15) is 5.26 Å². The van der Waals surface area contributed by atoms with Gasteiger partial charge in [-0.25, -0.2) is 15.0 Å². The summed E-state index contributed by atoms with van der Waals surface area (Å²) in [4.78, 5) is 22.6. The molecule has 0 spiro atoms. The average Bonchev–Trinajstić information content (AvgIpc) is 2.91. The second kappa shape index (κ2) is 9.03. The molecule has 5 rings (SSSR count). The van der Waals surface area contributed by atoms with Crippen molar-refractivity contribution in [1.82, 2.24) is 15.0 Å². The number of benzene rings is 1. The number of pyridine rings is 3. The van der Waals surface area contributed by atoms with Crippen molar-refractivity contribution in [3.63, 3.8) is 0 Å². The molecule has 0 radical (unpaired) electrons. The first-order valence-electron chi connectivity index (χ1n) is 11.0. The Labute approximate surface area is 218 Å². The molecule has 9 heteroatoms. The minimum Gasteiger partial charge on any atom is -0.328 e. The van der Waals surface area contributed by atoms with E-state index in [-0.39, 0.29) is 0 Å². The number of hydrogen-bond acceptors (Lipinski definition) is 8. The maximum Gasteiger partial charge on any atom is 0.136 e. The Balaban J connectivity index is 1.78. The van der Waals surface area contributed by atoms with Gasteiger partial charge in [0, 0.05) is 28.2 Å². The summed E-state index contributed by atoms with van der Waals surface area (Å²) < 4.78 is 0.992. The van der Waals surface area contributed by atoms with E-state index >= 15 is 0 Å². The Morgan fingerprint density at radius 1 is 0.600 bits per heavy atom. The highest BCUT2D eigenvalue weighted by molar-refractivity contribution is 14.1. The van der Waals surface area contributed by atoms with Crippen LogP contribution in [0.4, 0.5) is 46.3 Å². The first kappa shape index (κ1) is 22.9. The van der Waals surface area contributed by atoms with Crippen molar-refractivity contribution in [3.05, 3.63) is 75.9 Å². The lowest BCUT2D eigenvalue weighted by Crippen LogP contribution is -2.21. The zero-order chi connectivity index (χ0) is 24.7. The van der Waals surface area contributed by atoms with Crippen molar-refractivity contribution in [2.75, 3.05) is 47.8 Å². The molecule has 1 aromatic carbocycles. The molecule has 1 aliphatic rings. The van der Waals surface area contributed by atoms with Crippen molar-refractivity contribution in [1.29, 1.82) is 5.26 Å². The molecule has 35 heavy (non-hydrogen) atoms. The summed E-state index contributed by atoms with van der Waals surface area (Å²) in [5.74, 6) is 4.58. The third-order valence-electron chi connectivity index (χ3n) is 6.11. The van der Waals surface area contributed by atoms with E-state index in [4.69, 9.17) is 15.0 Å². The van der Waals surface area contributed by atoms with Crippen molar-refractivity contribution >= 4 is 68.9 Å². The summed E-state index contributed by atoms with van der Waals surface area (Å²) in [6, 6.07) is 23.8. The molecule has 8 bridgehead atoms. The first-order chi connectivity index (χ1) is 16.9. The molecule has 0 atom stereocenters. The Morgan fingerprint density at radius 3 is 1.23 bits per heavy atom. The highest BCUT2D eigenvalue weighted by Crippen LogP contribution is 2.38. The van der Waals surface area contributed by atoms with Crippen LogP contribution in [0, 0.1) is 14.9 Å². The van der Waals surface area contributed by atoms with Crippen LogP contribution in [0.5, 0.6) is 0 Å². The summed E-state index contributed by atoms with van der Waals surface area (Å²) in [5.41, 5.74) is 2.34. The largest absolute Gasteiger partial charge is 0.328 e. The maximum atomic E-state index is 9.79. The number of fused-ring (bicyclic) bond motifs is 8. The van der Waals surface area contributed by atoms with E-state index < -0.39 is 0 Å². The van der Waals surface area contributed by atoms with Crippen molar-refractivity contribution in [2.24, 2.45) is 0 Å². The van der Waals surface area contributed by atoms with Crippen LogP contribution in [0.1, 0.15) is 5.56 Å². The van der Waals surface area contributed by atoms with Gasteiger partial charge in [0.1, 0.15) is 34.9 Å². The molecule has 4 aromatic rings. The molecular formula is C26H23IN8. The van der Waals surface area contributed by atoms with E-state index in [0.717, 1.165) is 49.9 Å². The van der Waals surface area contributed by atoms with Crippen LogP contribution in [-0.2, 0) is 0 Å². The Bertz CT molecular complexity index is 1370. The predicted molar refractivity (Wildman–Crippen MR) is 149 cm³/mol. The Hall–Kier alpha value is -3.91. The molecule has 0 amide bonds. The fourth-order valence-corrected chi connectivity index (χ4v) is 5.02. The number of hydrogen-bond donors (Lipinski definition) is 0. The Morgan fingerprint density at radius 2 is 0.914 bits per heavy atom.